The van der Waals surface area contributed by atoms with Crippen molar-refractivity contribution in [2.24, 2.45) is 45.3 Å². The summed E-state index contributed by atoms with van der Waals surface area (Å²) in [5.41, 5.74) is -1.60. The first-order valence-electron chi connectivity index (χ1n) is 24.5. The highest BCUT2D eigenvalue weighted by Crippen LogP contribution is 2.75. The van der Waals surface area contributed by atoms with Gasteiger partial charge in [0.2, 0.25) is 0 Å². The van der Waals surface area contributed by atoms with E-state index in [1.807, 2.05) is 0 Å². The minimum atomic E-state index is -1.75. The van der Waals surface area contributed by atoms with Crippen LogP contribution in [-0.4, -0.2) is 202 Å². The number of fused-ring (bicyclic) bond motifs is 5. The maximum atomic E-state index is 12.6. The zero-order valence-corrected chi connectivity index (χ0v) is 40.3. The molecule has 4 aliphatic carbocycles. The second kappa shape index (κ2) is 19.8. The molecule has 3 unspecified atom stereocenters. The van der Waals surface area contributed by atoms with Gasteiger partial charge in [-0.2, -0.15) is 0 Å². The van der Waals surface area contributed by atoms with Gasteiger partial charge < -0.3 is 94.8 Å². The fourth-order valence-corrected chi connectivity index (χ4v) is 14.2. The predicted octanol–water partition coefficient (Wildman–Crippen LogP) is -1.06. The minimum Gasteiger partial charge on any atom is -0.394 e. The smallest absolute Gasteiger partial charge is 0.187 e. The summed E-state index contributed by atoms with van der Waals surface area (Å²) < 4.78 is 35.3. The molecule has 25 atom stereocenters. The summed E-state index contributed by atoms with van der Waals surface area (Å²) >= 11 is 0. The Morgan fingerprint density at radius 1 is 0.672 bits per heavy atom. The molecule has 3 saturated heterocycles. The number of rotatable bonds is 14. The molecule has 7 aliphatic rings. The van der Waals surface area contributed by atoms with Crippen LogP contribution in [0.2, 0.25) is 0 Å². The molecule has 388 valence electrons. The van der Waals surface area contributed by atoms with Crippen molar-refractivity contribution in [3.05, 3.63) is 11.6 Å². The van der Waals surface area contributed by atoms with E-state index in [2.05, 4.69) is 47.6 Å². The van der Waals surface area contributed by atoms with Gasteiger partial charge in [0, 0.05) is 10.8 Å². The van der Waals surface area contributed by atoms with Crippen molar-refractivity contribution in [2.75, 3.05) is 19.8 Å². The summed E-state index contributed by atoms with van der Waals surface area (Å²) in [4.78, 5) is 0. The molecule has 6 fully saturated rings. The Kier molecular flexibility index (Phi) is 15.9. The van der Waals surface area contributed by atoms with Crippen LogP contribution < -0.4 is 0 Å². The van der Waals surface area contributed by atoms with Gasteiger partial charge in [0.05, 0.1) is 43.7 Å². The largest absolute Gasteiger partial charge is 0.394 e. The molecule has 0 spiro atoms. The number of allylic oxidation sites excluding steroid dienone is 1. The molecular formula is C48H82O19. The van der Waals surface area contributed by atoms with E-state index in [1.165, 1.54) is 5.57 Å². The van der Waals surface area contributed by atoms with Crippen molar-refractivity contribution >= 4 is 0 Å². The molecule has 0 amide bonds. The number of ether oxygens (including phenoxy) is 6. The van der Waals surface area contributed by atoms with Crippen LogP contribution in [0.4, 0.5) is 0 Å². The van der Waals surface area contributed by atoms with Gasteiger partial charge in [-0.3, -0.25) is 0 Å². The molecule has 7 rings (SSSR count). The maximum Gasteiger partial charge on any atom is 0.187 e. The molecule has 19 heteroatoms. The molecule has 3 heterocycles. The first kappa shape index (κ1) is 53.8. The summed E-state index contributed by atoms with van der Waals surface area (Å²) in [6.45, 7) is 14.8. The number of hydrogen-bond acceptors (Lipinski definition) is 19. The molecule has 0 aromatic heterocycles. The van der Waals surface area contributed by atoms with Gasteiger partial charge in [-0.1, -0.05) is 53.2 Å². The van der Waals surface area contributed by atoms with E-state index < -0.39 is 147 Å². The summed E-state index contributed by atoms with van der Waals surface area (Å²) in [5.74, 6) is 0.547. The lowest BCUT2D eigenvalue weighted by Gasteiger charge is -2.67. The van der Waals surface area contributed by atoms with Gasteiger partial charge in [0.25, 0.3) is 0 Å². The quantitative estimate of drug-likeness (QED) is 0.0924. The van der Waals surface area contributed by atoms with Crippen molar-refractivity contribution in [1.29, 1.82) is 0 Å². The monoisotopic (exact) mass is 963 g/mol. The average Bonchev–Trinajstić information content (AvgIpc) is 3.54. The molecule has 0 aromatic rings. The first-order chi connectivity index (χ1) is 31.2. The van der Waals surface area contributed by atoms with Crippen molar-refractivity contribution in [3.8, 4) is 0 Å². The topological polar surface area (TPSA) is 318 Å². The summed E-state index contributed by atoms with van der Waals surface area (Å²) in [7, 11) is 0. The highest BCUT2D eigenvalue weighted by Gasteiger charge is 2.70. The molecule has 0 radical (unpaired) electrons. The van der Waals surface area contributed by atoms with Gasteiger partial charge in [-0.05, 0) is 99.7 Å². The van der Waals surface area contributed by atoms with Gasteiger partial charge in [-0.15, -0.1) is 0 Å². The third-order valence-corrected chi connectivity index (χ3v) is 18.7. The van der Waals surface area contributed by atoms with Gasteiger partial charge in [0.1, 0.15) is 73.2 Å². The van der Waals surface area contributed by atoms with Crippen molar-refractivity contribution in [1.82, 2.24) is 0 Å². The fourth-order valence-electron chi connectivity index (χ4n) is 14.2. The second-order valence-corrected chi connectivity index (χ2v) is 23.1. The van der Waals surface area contributed by atoms with E-state index in [-0.39, 0.29) is 34.5 Å². The van der Waals surface area contributed by atoms with E-state index >= 15 is 0 Å². The zero-order valence-electron chi connectivity index (χ0n) is 40.3. The zero-order chi connectivity index (χ0) is 49.5. The average molecular weight is 963 g/mol. The molecular weight excluding hydrogens is 881 g/mol. The van der Waals surface area contributed by atoms with Gasteiger partial charge in [0.15, 0.2) is 18.9 Å². The van der Waals surface area contributed by atoms with E-state index in [9.17, 15) is 66.4 Å². The Morgan fingerprint density at radius 3 is 1.79 bits per heavy atom. The van der Waals surface area contributed by atoms with Crippen molar-refractivity contribution in [2.45, 2.75) is 223 Å². The number of aliphatic hydroxyl groups is 13. The summed E-state index contributed by atoms with van der Waals surface area (Å²) in [6.07, 6.45) is -16.7. The molecule has 3 saturated carbocycles. The van der Waals surface area contributed by atoms with Crippen LogP contribution in [0, 0.1) is 45.3 Å². The van der Waals surface area contributed by atoms with Crippen LogP contribution in [-0.2, 0) is 28.4 Å². The Morgan fingerprint density at radius 2 is 1.21 bits per heavy atom. The molecule has 19 nitrogen and oxygen atoms in total. The highest BCUT2D eigenvalue weighted by atomic mass is 16.7. The predicted molar refractivity (Wildman–Crippen MR) is 235 cm³/mol. The Balaban J connectivity index is 1.01. The SMILES string of the molecule is C[C@H](CC[C@@H](O[C@@H]1O[C@H](CO[C@H]2O[C@H](CO)[C@@H](O)[C@H](O)[C@H]2O)[C@@H](O)[C@H](O)[C@H]1O)C(C)(C)O)C1CC[C@@]2(C)C3CC=C4C(CC[C@H](O[C@@H]5O[C@H](CO)[C@@H](O)[C@H](O)[C@H]5O)C4(C)C)[C@]3(C)[C@H](O)C[C@]12C. The summed E-state index contributed by atoms with van der Waals surface area (Å²) in [6, 6.07) is 0. The lowest BCUT2D eigenvalue weighted by Crippen LogP contribution is -2.65. The van der Waals surface area contributed by atoms with Gasteiger partial charge >= 0.3 is 0 Å². The van der Waals surface area contributed by atoms with Crippen LogP contribution in [0.25, 0.3) is 0 Å². The molecule has 13 N–H and O–H groups in total. The Bertz CT molecular complexity index is 1710. The third-order valence-electron chi connectivity index (χ3n) is 18.7. The standard InChI is InChI=1S/C48H82O19/c1-21(9-13-31(45(4,5)61)67-43-40(60)37(57)34(54)27(65-43)20-62-41-38(58)35(55)32(52)25(18-49)63-41)22-15-16-46(6)28-12-10-23-24(48(28,8)29(51)17-47(22,46)7)11-14-30(44(23,2)3)66-42-39(59)36(56)33(53)26(19-50)64-42/h10,21-22,24-43,49-61H,9,11-20H2,1-8H3/t21-,22?,24?,25-,26-,27-,28?,29-,30+,31-,32-,33-,34-,35+,36+,37+,38-,39-,40-,41+,42+,43+,46+,47-,48+/m1/s1. The first-order valence-corrected chi connectivity index (χ1v) is 24.5. The lowest BCUT2D eigenvalue weighted by molar-refractivity contribution is -0.341. The Labute approximate surface area is 393 Å². The lowest BCUT2D eigenvalue weighted by atomic mass is 9.38. The molecule has 67 heavy (non-hydrogen) atoms. The molecule has 3 aliphatic heterocycles. The minimum absolute atomic E-state index is 0.0596. The number of aliphatic hydroxyl groups excluding tert-OH is 12. The Hall–Kier alpha value is -1.02. The third kappa shape index (κ3) is 9.24. The normalized spacial score (nSPS) is 51.0. The second-order valence-electron chi connectivity index (χ2n) is 23.1. The number of hydrogen-bond donors (Lipinski definition) is 13. The van der Waals surface area contributed by atoms with E-state index in [1.54, 1.807) is 13.8 Å². The molecule has 0 aromatic carbocycles. The van der Waals surface area contributed by atoms with E-state index in [0.717, 1.165) is 25.7 Å². The van der Waals surface area contributed by atoms with Crippen LogP contribution in [0.3, 0.4) is 0 Å². The van der Waals surface area contributed by atoms with Crippen LogP contribution >= 0.6 is 0 Å². The van der Waals surface area contributed by atoms with E-state index in [0.29, 0.717) is 25.7 Å². The van der Waals surface area contributed by atoms with Crippen molar-refractivity contribution < 1.29 is 94.8 Å². The summed E-state index contributed by atoms with van der Waals surface area (Å²) in [5, 5.41) is 138. The molecule has 0 bridgehead atoms. The fraction of sp³-hybridized carbons (Fsp3) is 0.958. The van der Waals surface area contributed by atoms with Gasteiger partial charge in [-0.25, -0.2) is 0 Å². The maximum absolute atomic E-state index is 12.6. The van der Waals surface area contributed by atoms with E-state index in [4.69, 9.17) is 28.4 Å². The highest BCUT2D eigenvalue weighted by molar-refractivity contribution is 5.32. The van der Waals surface area contributed by atoms with Crippen molar-refractivity contribution in [3.63, 3.8) is 0 Å². The van der Waals surface area contributed by atoms with Crippen LogP contribution in [0.15, 0.2) is 11.6 Å². The van der Waals surface area contributed by atoms with Crippen LogP contribution in [0.5, 0.6) is 0 Å². The van der Waals surface area contributed by atoms with Crippen LogP contribution in [0.1, 0.15) is 107 Å².